The lowest BCUT2D eigenvalue weighted by Gasteiger charge is -2.36. The second-order valence-electron chi connectivity index (χ2n) is 7.65. The molecule has 0 unspecified atom stereocenters. The van der Waals surface area contributed by atoms with Gasteiger partial charge in [-0.15, -0.1) is 0 Å². The molecule has 2 rings (SSSR count). The third-order valence-electron chi connectivity index (χ3n) is 4.31. The van der Waals surface area contributed by atoms with Crippen LogP contribution < -0.4 is 10.2 Å². The molecule has 2 amide bonds. The van der Waals surface area contributed by atoms with E-state index in [1.165, 1.54) is 6.07 Å². The minimum atomic E-state index is -0.549. The number of nitrogens with one attached hydrogen (secondary N) is 1. The predicted octanol–water partition coefficient (Wildman–Crippen LogP) is 2.65. The number of hydrogen-bond donors (Lipinski definition) is 1. The minimum absolute atomic E-state index is 0.0189. The molecule has 7 nitrogen and oxygen atoms in total. The Morgan fingerprint density at radius 3 is 2.54 bits per heavy atom. The van der Waals surface area contributed by atoms with Crippen LogP contribution in [0, 0.1) is 17.1 Å². The highest BCUT2D eigenvalue weighted by atomic mass is 19.1. The van der Waals surface area contributed by atoms with E-state index in [2.05, 4.69) is 5.32 Å². The zero-order valence-corrected chi connectivity index (χ0v) is 16.6. The zero-order chi connectivity index (χ0) is 20.7. The molecule has 1 aliphatic rings. The van der Waals surface area contributed by atoms with Crippen LogP contribution in [0.1, 0.15) is 39.2 Å². The molecule has 0 spiro atoms. The van der Waals surface area contributed by atoms with Crippen LogP contribution in [0.2, 0.25) is 0 Å². The second-order valence-corrected chi connectivity index (χ2v) is 7.65. The van der Waals surface area contributed by atoms with Gasteiger partial charge in [0, 0.05) is 39.1 Å². The van der Waals surface area contributed by atoms with E-state index >= 15 is 0 Å². The minimum Gasteiger partial charge on any atom is -0.444 e. The normalized spacial score (nSPS) is 14.4. The van der Waals surface area contributed by atoms with Crippen LogP contribution >= 0.6 is 0 Å². The number of nitriles is 1. The number of hydrogen-bond acceptors (Lipinski definition) is 5. The number of nitrogens with zero attached hydrogens (tertiary/aromatic N) is 3. The molecular formula is C20H27FN4O3. The third-order valence-corrected chi connectivity index (χ3v) is 4.31. The Morgan fingerprint density at radius 1 is 1.25 bits per heavy atom. The smallest absolute Gasteiger partial charge is 0.407 e. The molecular weight excluding hydrogens is 363 g/mol. The number of piperazine rings is 1. The van der Waals surface area contributed by atoms with Crippen LogP contribution in [0.4, 0.5) is 14.9 Å². The fraction of sp³-hybridized carbons (Fsp3) is 0.550. The van der Waals surface area contributed by atoms with E-state index in [4.69, 9.17) is 4.74 Å². The summed E-state index contributed by atoms with van der Waals surface area (Å²) in [6, 6.07) is 6.49. The van der Waals surface area contributed by atoms with E-state index in [9.17, 15) is 19.2 Å². The molecule has 0 aromatic heterocycles. The van der Waals surface area contributed by atoms with Gasteiger partial charge in [-0.3, -0.25) is 4.79 Å². The van der Waals surface area contributed by atoms with Gasteiger partial charge in [0.05, 0.1) is 5.69 Å². The Morgan fingerprint density at radius 2 is 1.93 bits per heavy atom. The molecule has 0 radical (unpaired) electrons. The average molecular weight is 390 g/mol. The molecule has 0 saturated carbocycles. The monoisotopic (exact) mass is 390 g/mol. The van der Waals surface area contributed by atoms with Crippen molar-refractivity contribution in [2.75, 3.05) is 37.6 Å². The largest absolute Gasteiger partial charge is 0.444 e. The van der Waals surface area contributed by atoms with Crippen molar-refractivity contribution >= 4 is 17.7 Å². The van der Waals surface area contributed by atoms with Crippen molar-refractivity contribution in [3.05, 3.63) is 29.6 Å². The molecule has 1 aromatic carbocycles. The lowest BCUT2D eigenvalue weighted by Crippen LogP contribution is -2.49. The molecule has 0 aliphatic carbocycles. The van der Waals surface area contributed by atoms with Gasteiger partial charge in [0.2, 0.25) is 5.91 Å². The van der Waals surface area contributed by atoms with Gasteiger partial charge in [-0.05, 0) is 39.3 Å². The third kappa shape index (κ3) is 6.12. The van der Waals surface area contributed by atoms with Gasteiger partial charge in [-0.1, -0.05) is 6.07 Å². The summed E-state index contributed by atoms with van der Waals surface area (Å²) in [5, 5.41) is 11.8. The molecule has 1 saturated heterocycles. The number of benzene rings is 1. The fourth-order valence-corrected chi connectivity index (χ4v) is 2.99. The van der Waals surface area contributed by atoms with Crippen LogP contribution in [0.5, 0.6) is 0 Å². The summed E-state index contributed by atoms with van der Waals surface area (Å²) < 4.78 is 18.9. The van der Waals surface area contributed by atoms with Gasteiger partial charge >= 0.3 is 6.09 Å². The fourth-order valence-electron chi connectivity index (χ4n) is 2.99. The van der Waals surface area contributed by atoms with Crippen molar-refractivity contribution in [2.24, 2.45) is 0 Å². The highest BCUT2D eigenvalue weighted by molar-refractivity contribution is 5.76. The molecule has 0 bridgehead atoms. The first-order valence-electron chi connectivity index (χ1n) is 9.39. The van der Waals surface area contributed by atoms with Crippen LogP contribution in [0.25, 0.3) is 0 Å². The van der Waals surface area contributed by atoms with Crippen LogP contribution in [0.3, 0.4) is 0 Å². The first-order valence-corrected chi connectivity index (χ1v) is 9.39. The predicted molar refractivity (Wildman–Crippen MR) is 103 cm³/mol. The molecule has 28 heavy (non-hydrogen) atoms. The second kappa shape index (κ2) is 9.40. The van der Waals surface area contributed by atoms with Crippen molar-refractivity contribution in [1.29, 1.82) is 5.26 Å². The molecule has 1 N–H and O–H groups in total. The quantitative estimate of drug-likeness (QED) is 0.781. The average Bonchev–Trinajstić information content (AvgIpc) is 2.63. The van der Waals surface area contributed by atoms with Crippen molar-refractivity contribution < 1.29 is 18.7 Å². The first kappa shape index (κ1) is 21.5. The van der Waals surface area contributed by atoms with Gasteiger partial charge in [0.25, 0.3) is 0 Å². The molecule has 1 aliphatic heterocycles. The maximum Gasteiger partial charge on any atom is 0.407 e. The lowest BCUT2D eigenvalue weighted by molar-refractivity contribution is -0.131. The van der Waals surface area contributed by atoms with Crippen molar-refractivity contribution in [3.8, 4) is 6.07 Å². The SMILES string of the molecule is CC(C)(C)OC(=O)NCCCC(=O)N1CCN(c2cccc(F)c2C#N)CC1. The number of rotatable bonds is 5. The Labute approximate surface area is 165 Å². The maximum absolute atomic E-state index is 13.8. The molecule has 1 heterocycles. The van der Waals surface area contributed by atoms with E-state index in [1.807, 2.05) is 11.0 Å². The summed E-state index contributed by atoms with van der Waals surface area (Å²) in [7, 11) is 0. The molecule has 1 aromatic rings. The lowest BCUT2D eigenvalue weighted by atomic mass is 10.1. The standard InChI is InChI=1S/C20H27FN4O3/c1-20(2,3)28-19(27)23-9-5-8-18(26)25-12-10-24(11-13-25)17-7-4-6-16(21)15(17)14-22/h4,6-7H,5,8-13H2,1-3H3,(H,23,27). The van der Waals surface area contributed by atoms with E-state index < -0.39 is 17.5 Å². The van der Waals surface area contributed by atoms with E-state index in [0.29, 0.717) is 51.3 Å². The van der Waals surface area contributed by atoms with Crippen molar-refractivity contribution in [1.82, 2.24) is 10.2 Å². The van der Waals surface area contributed by atoms with Gasteiger partial charge in [-0.25, -0.2) is 9.18 Å². The summed E-state index contributed by atoms with van der Waals surface area (Å²) in [4.78, 5) is 27.6. The molecule has 0 atom stereocenters. The Bertz CT molecular complexity index is 747. The number of amides is 2. The van der Waals surface area contributed by atoms with E-state index in [1.54, 1.807) is 37.8 Å². The number of carbonyl (C=O) groups excluding carboxylic acids is 2. The summed E-state index contributed by atoms with van der Waals surface area (Å²) >= 11 is 0. The summed E-state index contributed by atoms with van der Waals surface area (Å²) in [5.41, 5.74) is 0.0544. The maximum atomic E-state index is 13.8. The van der Waals surface area contributed by atoms with Crippen LogP contribution in [-0.2, 0) is 9.53 Å². The number of alkyl carbamates (subject to hydrolysis) is 1. The van der Waals surface area contributed by atoms with E-state index in [0.717, 1.165) is 0 Å². The number of carbonyl (C=O) groups is 2. The summed E-state index contributed by atoms with van der Waals surface area (Å²) in [6.45, 7) is 7.85. The van der Waals surface area contributed by atoms with Crippen molar-refractivity contribution in [2.45, 2.75) is 39.2 Å². The Hall–Kier alpha value is -2.82. The first-order chi connectivity index (χ1) is 13.2. The van der Waals surface area contributed by atoms with Gasteiger partial charge in [0.15, 0.2) is 0 Å². The molecule has 1 fully saturated rings. The highest BCUT2D eigenvalue weighted by Gasteiger charge is 2.23. The van der Waals surface area contributed by atoms with Gasteiger partial charge < -0.3 is 19.9 Å². The Kier molecular flexibility index (Phi) is 7.21. The molecule has 152 valence electrons. The zero-order valence-electron chi connectivity index (χ0n) is 16.6. The topological polar surface area (TPSA) is 85.7 Å². The summed E-state index contributed by atoms with van der Waals surface area (Å²) in [5.74, 6) is -0.513. The number of anilines is 1. The van der Waals surface area contributed by atoms with Crippen LogP contribution in [0.15, 0.2) is 18.2 Å². The van der Waals surface area contributed by atoms with E-state index in [-0.39, 0.29) is 11.5 Å². The van der Waals surface area contributed by atoms with Crippen molar-refractivity contribution in [3.63, 3.8) is 0 Å². The number of halogens is 1. The highest BCUT2D eigenvalue weighted by Crippen LogP contribution is 2.23. The van der Waals surface area contributed by atoms with Crippen LogP contribution in [-0.4, -0.2) is 55.2 Å². The van der Waals surface area contributed by atoms with Gasteiger partial charge in [0.1, 0.15) is 23.1 Å². The summed E-state index contributed by atoms with van der Waals surface area (Å²) in [6.07, 6.45) is 0.372. The molecule has 8 heteroatoms. The van der Waals surface area contributed by atoms with Gasteiger partial charge in [-0.2, -0.15) is 5.26 Å². The Balaban J connectivity index is 1.75. The number of ether oxygens (including phenoxy) is 1.